The molecule has 7 heteroatoms. The highest BCUT2D eigenvalue weighted by molar-refractivity contribution is 5.89. The van der Waals surface area contributed by atoms with Gasteiger partial charge >= 0.3 is 12.1 Å². The lowest BCUT2D eigenvalue weighted by Gasteiger charge is -2.10. The molecule has 0 aliphatic carbocycles. The number of carboxylic acids is 1. The first-order chi connectivity index (χ1) is 8.79. The van der Waals surface area contributed by atoms with Crippen molar-refractivity contribution in [1.29, 1.82) is 0 Å². The molecule has 0 spiro atoms. The Morgan fingerprint density at radius 3 is 2.68 bits per heavy atom. The van der Waals surface area contributed by atoms with Crippen LogP contribution in [0.4, 0.5) is 13.2 Å². The lowest BCUT2D eigenvalue weighted by molar-refractivity contribution is -0.124. The summed E-state index contributed by atoms with van der Waals surface area (Å²) in [5.41, 5.74) is 0.704. The molecule has 0 saturated heterocycles. The Morgan fingerprint density at radius 1 is 1.42 bits per heavy atom. The molecule has 0 heterocycles. The Morgan fingerprint density at radius 2 is 2.11 bits per heavy atom. The average Bonchev–Trinajstić information content (AvgIpc) is 2.29. The van der Waals surface area contributed by atoms with Crippen molar-refractivity contribution >= 4 is 5.97 Å². The third-order valence-corrected chi connectivity index (χ3v) is 2.31. The van der Waals surface area contributed by atoms with Gasteiger partial charge in [-0.05, 0) is 24.6 Å². The molecule has 0 atom stereocenters. The molecule has 0 saturated carbocycles. The maximum absolute atomic E-state index is 11.8. The van der Waals surface area contributed by atoms with E-state index in [1.807, 2.05) is 0 Å². The molecular formula is C12H14F3NO3. The number of benzene rings is 1. The number of aromatic carboxylic acids is 1. The minimum Gasteiger partial charge on any atom is -0.492 e. The maximum Gasteiger partial charge on any atom is 0.401 e. The first-order valence-corrected chi connectivity index (χ1v) is 5.54. The molecule has 0 amide bonds. The Labute approximate surface area is 108 Å². The number of rotatable bonds is 6. The van der Waals surface area contributed by atoms with Gasteiger partial charge in [-0.3, -0.25) is 0 Å². The van der Waals surface area contributed by atoms with Gasteiger partial charge in [0.05, 0.1) is 12.1 Å². The van der Waals surface area contributed by atoms with Crippen LogP contribution in [-0.2, 0) is 0 Å². The third-order valence-electron chi connectivity index (χ3n) is 2.31. The number of aryl methyl sites for hydroxylation is 1. The highest BCUT2D eigenvalue weighted by Crippen LogP contribution is 2.17. The van der Waals surface area contributed by atoms with Gasteiger partial charge in [0.15, 0.2) is 0 Å². The first kappa shape index (κ1) is 15.3. The van der Waals surface area contributed by atoms with Gasteiger partial charge < -0.3 is 15.2 Å². The van der Waals surface area contributed by atoms with E-state index in [4.69, 9.17) is 9.84 Å². The molecule has 0 unspecified atom stereocenters. The van der Waals surface area contributed by atoms with Crippen molar-refractivity contribution in [2.45, 2.75) is 13.1 Å². The fourth-order valence-electron chi connectivity index (χ4n) is 1.39. The molecule has 4 nitrogen and oxygen atoms in total. The maximum atomic E-state index is 11.8. The topological polar surface area (TPSA) is 58.6 Å². The fraction of sp³-hybridized carbons (Fsp3) is 0.417. The minimum absolute atomic E-state index is 0.0236. The van der Waals surface area contributed by atoms with Gasteiger partial charge in [0.25, 0.3) is 0 Å². The third kappa shape index (κ3) is 5.60. The number of halogens is 3. The SMILES string of the molecule is Cc1ccc(OCCNCC(F)(F)F)cc1C(=O)O. The summed E-state index contributed by atoms with van der Waals surface area (Å²) in [5, 5.41) is 11.1. The van der Waals surface area contributed by atoms with Gasteiger partial charge in [-0.25, -0.2) is 4.79 Å². The van der Waals surface area contributed by atoms with E-state index in [2.05, 4.69) is 5.32 Å². The van der Waals surface area contributed by atoms with E-state index in [9.17, 15) is 18.0 Å². The molecule has 0 aliphatic heterocycles. The molecular weight excluding hydrogens is 263 g/mol. The summed E-state index contributed by atoms with van der Waals surface area (Å²) in [6.45, 7) is 0.622. The summed E-state index contributed by atoms with van der Waals surface area (Å²) in [7, 11) is 0. The predicted molar refractivity (Wildman–Crippen MR) is 62.6 cm³/mol. The van der Waals surface area contributed by atoms with E-state index in [1.165, 1.54) is 6.07 Å². The summed E-state index contributed by atoms with van der Waals surface area (Å²) in [6.07, 6.45) is -4.25. The smallest absolute Gasteiger partial charge is 0.401 e. The fourth-order valence-corrected chi connectivity index (χ4v) is 1.39. The quantitative estimate of drug-likeness (QED) is 0.783. The van der Waals surface area contributed by atoms with E-state index in [0.717, 1.165) is 0 Å². The van der Waals surface area contributed by atoms with Crippen molar-refractivity contribution in [2.24, 2.45) is 0 Å². The second-order valence-electron chi connectivity index (χ2n) is 3.92. The van der Waals surface area contributed by atoms with Crippen molar-refractivity contribution in [3.63, 3.8) is 0 Å². The second kappa shape index (κ2) is 6.42. The van der Waals surface area contributed by atoms with Crippen LogP contribution in [0.25, 0.3) is 0 Å². The van der Waals surface area contributed by atoms with Gasteiger partial charge in [-0.1, -0.05) is 6.07 Å². The Balaban J connectivity index is 2.42. The molecule has 0 aromatic heterocycles. The van der Waals surface area contributed by atoms with E-state index in [1.54, 1.807) is 19.1 Å². The Kier molecular flexibility index (Phi) is 5.17. The molecule has 1 aromatic rings. The largest absolute Gasteiger partial charge is 0.492 e. The van der Waals surface area contributed by atoms with E-state index >= 15 is 0 Å². The predicted octanol–water partition coefficient (Wildman–Crippen LogP) is 2.22. The van der Waals surface area contributed by atoms with Crippen LogP contribution >= 0.6 is 0 Å². The molecule has 0 aliphatic rings. The molecule has 1 rings (SSSR count). The molecule has 2 N–H and O–H groups in total. The zero-order chi connectivity index (χ0) is 14.5. The second-order valence-corrected chi connectivity index (χ2v) is 3.92. The number of carbonyl (C=O) groups is 1. The van der Waals surface area contributed by atoms with Gasteiger partial charge in [0.2, 0.25) is 0 Å². The van der Waals surface area contributed by atoms with E-state index < -0.39 is 18.7 Å². The van der Waals surface area contributed by atoms with Crippen molar-refractivity contribution < 1.29 is 27.8 Å². The van der Waals surface area contributed by atoms with Crippen LogP contribution in [-0.4, -0.2) is 36.9 Å². The number of nitrogens with one attached hydrogen (secondary N) is 1. The van der Waals surface area contributed by atoms with E-state index in [0.29, 0.717) is 11.3 Å². The molecule has 0 radical (unpaired) electrons. The molecule has 1 aromatic carbocycles. The molecule has 0 fully saturated rings. The monoisotopic (exact) mass is 277 g/mol. The van der Waals surface area contributed by atoms with Gasteiger partial charge in [0, 0.05) is 6.54 Å². The number of ether oxygens (including phenoxy) is 1. The van der Waals surface area contributed by atoms with Crippen molar-refractivity contribution in [3.8, 4) is 5.75 Å². The van der Waals surface area contributed by atoms with Crippen LogP contribution in [0.3, 0.4) is 0 Å². The van der Waals surface area contributed by atoms with Gasteiger partial charge in [-0.2, -0.15) is 13.2 Å². The summed E-state index contributed by atoms with van der Waals surface area (Å²) in [5.74, 6) is -0.755. The summed E-state index contributed by atoms with van der Waals surface area (Å²) in [4.78, 5) is 10.9. The van der Waals surface area contributed by atoms with Crippen LogP contribution in [0.15, 0.2) is 18.2 Å². The molecule has 19 heavy (non-hydrogen) atoms. The zero-order valence-electron chi connectivity index (χ0n) is 10.3. The number of carboxylic acid groups (broad SMARTS) is 1. The van der Waals surface area contributed by atoms with Crippen LogP contribution in [0.5, 0.6) is 5.75 Å². The first-order valence-electron chi connectivity index (χ1n) is 5.54. The van der Waals surface area contributed by atoms with Crippen LogP contribution in [0.1, 0.15) is 15.9 Å². The normalized spacial score (nSPS) is 11.4. The average molecular weight is 277 g/mol. The summed E-state index contributed by atoms with van der Waals surface area (Å²) in [6, 6.07) is 4.51. The number of alkyl halides is 3. The highest BCUT2D eigenvalue weighted by atomic mass is 19.4. The Bertz CT molecular complexity index is 446. The van der Waals surface area contributed by atoms with Crippen molar-refractivity contribution in [1.82, 2.24) is 5.32 Å². The van der Waals surface area contributed by atoms with Crippen LogP contribution in [0, 0.1) is 6.92 Å². The number of hydrogen-bond acceptors (Lipinski definition) is 3. The molecule has 0 bridgehead atoms. The standard InChI is InChI=1S/C12H14F3NO3/c1-8-2-3-9(6-10(8)11(17)18)19-5-4-16-7-12(13,14)15/h2-3,6,16H,4-5,7H2,1H3,(H,17,18). The minimum atomic E-state index is -4.25. The van der Waals surface area contributed by atoms with Crippen LogP contribution in [0.2, 0.25) is 0 Å². The van der Waals surface area contributed by atoms with Crippen LogP contribution < -0.4 is 10.1 Å². The summed E-state index contributed by atoms with van der Waals surface area (Å²) < 4.78 is 40.6. The van der Waals surface area contributed by atoms with Gasteiger partial charge in [0.1, 0.15) is 12.4 Å². The number of hydrogen-bond donors (Lipinski definition) is 2. The lowest BCUT2D eigenvalue weighted by Crippen LogP contribution is -2.31. The van der Waals surface area contributed by atoms with Crippen molar-refractivity contribution in [3.05, 3.63) is 29.3 Å². The lowest BCUT2D eigenvalue weighted by atomic mass is 10.1. The zero-order valence-corrected chi connectivity index (χ0v) is 10.3. The molecule has 106 valence electrons. The van der Waals surface area contributed by atoms with E-state index in [-0.39, 0.29) is 18.7 Å². The van der Waals surface area contributed by atoms with Gasteiger partial charge in [-0.15, -0.1) is 0 Å². The van der Waals surface area contributed by atoms with Crippen molar-refractivity contribution in [2.75, 3.05) is 19.7 Å². The Hall–Kier alpha value is -1.76. The highest BCUT2D eigenvalue weighted by Gasteiger charge is 2.25. The summed E-state index contributed by atoms with van der Waals surface area (Å²) >= 11 is 0.